The molecule has 1 aliphatic rings. The highest BCUT2D eigenvalue weighted by Gasteiger charge is 2.19. The van der Waals surface area contributed by atoms with Crippen molar-refractivity contribution in [3.63, 3.8) is 0 Å². The summed E-state index contributed by atoms with van der Waals surface area (Å²) in [5, 5.41) is 2.84. The van der Waals surface area contributed by atoms with Crippen molar-refractivity contribution in [3.8, 4) is 5.75 Å². The molecule has 142 valence electrons. The summed E-state index contributed by atoms with van der Waals surface area (Å²) in [4.78, 5) is 35.9. The number of hydrogen-bond acceptors (Lipinski definition) is 6. The summed E-state index contributed by atoms with van der Waals surface area (Å²) < 4.78 is 5.40. The van der Waals surface area contributed by atoms with Crippen LogP contribution >= 0.6 is 0 Å². The van der Waals surface area contributed by atoms with Gasteiger partial charge < -0.3 is 19.9 Å². The van der Waals surface area contributed by atoms with Gasteiger partial charge in [-0.25, -0.2) is 9.97 Å². The Morgan fingerprint density at radius 3 is 2.52 bits per heavy atom. The fourth-order valence-corrected chi connectivity index (χ4v) is 2.88. The van der Waals surface area contributed by atoms with Crippen molar-refractivity contribution in [3.05, 3.63) is 41.9 Å². The molecule has 0 aliphatic carbocycles. The molecule has 0 bridgehead atoms. The van der Waals surface area contributed by atoms with Gasteiger partial charge in [0.1, 0.15) is 23.1 Å². The number of piperazine rings is 1. The first kappa shape index (κ1) is 18.6. The third kappa shape index (κ3) is 4.72. The number of amides is 2. The molecule has 0 radical (unpaired) electrons. The van der Waals surface area contributed by atoms with Crippen molar-refractivity contribution in [2.45, 2.75) is 13.8 Å². The minimum atomic E-state index is -0.294. The molecule has 8 heteroatoms. The van der Waals surface area contributed by atoms with Gasteiger partial charge in [-0.3, -0.25) is 9.59 Å². The van der Waals surface area contributed by atoms with E-state index in [1.807, 2.05) is 19.1 Å². The van der Waals surface area contributed by atoms with Crippen molar-refractivity contribution < 1.29 is 14.3 Å². The average Bonchev–Trinajstić information content (AvgIpc) is 2.69. The van der Waals surface area contributed by atoms with E-state index in [0.29, 0.717) is 55.8 Å². The Morgan fingerprint density at radius 1 is 1.19 bits per heavy atom. The molecule has 0 unspecified atom stereocenters. The topological polar surface area (TPSA) is 87.7 Å². The molecule has 1 N–H and O–H groups in total. The molecule has 1 aromatic heterocycles. The maximum absolute atomic E-state index is 12.6. The van der Waals surface area contributed by atoms with Crippen molar-refractivity contribution in [2.75, 3.05) is 43.0 Å². The number of rotatable bonds is 6. The van der Waals surface area contributed by atoms with Crippen LogP contribution < -0.4 is 15.0 Å². The third-order valence-electron chi connectivity index (χ3n) is 4.27. The van der Waals surface area contributed by atoms with E-state index in [1.54, 1.807) is 30.0 Å². The number of carbonyl (C=O) groups is 2. The first-order chi connectivity index (χ1) is 13.1. The molecular formula is C19H23N5O3. The number of carbonyl (C=O) groups excluding carboxylic acids is 2. The summed E-state index contributed by atoms with van der Waals surface area (Å²) in [5.41, 5.74) is 0.977. The molecule has 1 aliphatic heterocycles. The summed E-state index contributed by atoms with van der Waals surface area (Å²) in [6, 6.07) is 8.88. The first-order valence-corrected chi connectivity index (χ1v) is 8.93. The molecule has 1 saturated heterocycles. The minimum absolute atomic E-state index is 0.294. The Balaban J connectivity index is 1.71. The summed E-state index contributed by atoms with van der Waals surface area (Å²) >= 11 is 0. The standard InChI is InChI=1S/C19H23N5O3/c1-3-27-16-6-4-15(5-7-16)22-19(26)17-12-18(21-14(2)20-17)24-10-8-23(13-25)9-11-24/h4-7,12-13H,3,8-11H2,1-2H3,(H,22,26). The summed E-state index contributed by atoms with van der Waals surface area (Å²) in [5.74, 6) is 1.69. The smallest absolute Gasteiger partial charge is 0.274 e. The van der Waals surface area contributed by atoms with Crippen LogP contribution in [-0.4, -0.2) is 60.0 Å². The Kier molecular flexibility index (Phi) is 5.85. The van der Waals surface area contributed by atoms with Crippen LogP contribution in [-0.2, 0) is 4.79 Å². The molecule has 1 fully saturated rings. The van der Waals surface area contributed by atoms with Gasteiger partial charge in [0, 0.05) is 37.9 Å². The fraction of sp³-hybridized carbons (Fsp3) is 0.368. The van der Waals surface area contributed by atoms with E-state index < -0.39 is 0 Å². The molecule has 8 nitrogen and oxygen atoms in total. The Hall–Kier alpha value is -3.16. The zero-order valence-electron chi connectivity index (χ0n) is 15.5. The monoisotopic (exact) mass is 369 g/mol. The summed E-state index contributed by atoms with van der Waals surface area (Å²) in [6.45, 7) is 6.91. The van der Waals surface area contributed by atoms with E-state index in [4.69, 9.17) is 4.74 Å². The lowest BCUT2D eigenvalue weighted by molar-refractivity contribution is -0.118. The van der Waals surface area contributed by atoms with Crippen LogP contribution in [0.3, 0.4) is 0 Å². The summed E-state index contributed by atoms with van der Waals surface area (Å²) in [7, 11) is 0. The predicted molar refractivity (Wildman–Crippen MR) is 102 cm³/mol. The summed E-state index contributed by atoms with van der Waals surface area (Å²) in [6.07, 6.45) is 0.859. The number of anilines is 2. The van der Waals surface area contributed by atoms with Gasteiger partial charge in [0.2, 0.25) is 6.41 Å². The number of hydrogen-bond donors (Lipinski definition) is 1. The fourth-order valence-electron chi connectivity index (χ4n) is 2.88. The lowest BCUT2D eigenvalue weighted by Crippen LogP contribution is -2.46. The number of nitrogens with one attached hydrogen (secondary N) is 1. The second-order valence-corrected chi connectivity index (χ2v) is 6.20. The molecule has 2 aromatic rings. The van der Waals surface area contributed by atoms with Gasteiger partial charge in [-0.15, -0.1) is 0 Å². The van der Waals surface area contributed by atoms with Gasteiger partial charge in [-0.2, -0.15) is 0 Å². The zero-order chi connectivity index (χ0) is 19.2. The van der Waals surface area contributed by atoms with Crippen LogP contribution in [0, 0.1) is 6.92 Å². The molecule has 0 atom stereocenters. The number of ether oxygens (including phenoxy) is 1. The molecule has 2 amide bonds. The van der Waals surface area contributed by atoms with Crippen LogP contribution in [0.2, 0.25) is 0 Å². The van der Waals surface area contributed by atoms with Crippen LogP contribution in [0.1, 0.15) is 23.2 Å². The largest absolute Gasteiger partial charge is 0.494 e. The van der Waals surface area contributed by atoms with E-state index in [-0.39, 0.29) is 5.91 Å². The molecule has 2 heterocycles. The van der Waals surface area contributed by atoms with Crippen molar-refractivity contribution >= 4 is 23.8 Å². The molecule has 3 rings (SSSR count). The van der Waals surface area contributed by atoms with E-state index >= 15 is 0 Å². The molecule has 27 heavy (non-hydrogen) atoms. The van der Waals surface area contributed by atoms with Crippen LogP contribution in [0.25, 0.3) is 0 Å². The van der Waals surface area contributed by atoms with Crippen LogP contribution in [0.4, 0.5) is 11.5 Å². The molecule has 0 spiro atoms. The highest BCUT2D eigenvalue weighted by molar-refractivity contribution is 6.03. The van der Waals surface area contributed by atoms with Crippen molar-refractivity contribution in [1.29, 1.82) is 0 Å². The first-order valence-electron chi connectivity index (χ1n) is 8.93. The third-order valence-corrected chi connectivity index (χ3v) is 4.27. The highest BCUT2D eigenvalue weighted by Crippen LogP contribution is 2.18. The lowest BCUT2D eigenvalue weighted by atomic mass is 10.2. The average molecular weight is 369 g/mol. The highest BCUT2D eigenvalue weighted by atomic mass is 16.5. The molecule has 0 saturated carbocycles. The predicted octanol–water partition coefficient (Wildman–Crippen LogP) is 1.71. The SMILES string of the molecule is CCOc1ccc(NC(=O)c2cc(N3CCN(C=O)CC3)nc(C)n2)cc1. The zero-order valence-corrected chi connectivity index (χ0v) is 15.5. The van der Waals surface area contributed by atoms with Crippen molar-refractivity contribution in [1.82, 2.24) is 14.9 Å². The van der Waals surface area contributed by atoms with Gasteiger partial charge in [-0.1, -0.05) is 0 Å². The van der Waals surface area contributed by atoms with Crippen LogP contribution in [0.15, 0.2) is 30.3 Å². The minimum Gasteiger partial charge on any atom is -0.494 e. The van der Waals surface area contributed by atoms with Gasteiger partial charge in [0.25, 0.3) is 5.91 Å². The van der Waals surface area contributed by atoms with Gasteiger partial charge in [-0.05, 0) is 38.1 Å². The number of aryl methyl sites for hydroxylation is 1. The molecule has 1 aromatic carbocycles. The van der Waals surface area contributed by atoms with E-state index in [9.17, 15) is 9.59 Å². The van der Waals surface area contributed by atoms with Gasteiger partial charge in [0.15, 0.2) is 0 Å². The molecular weight excluding hydrogens is 346 g/mol. The van der Waals surface area contributed by atoms with Crippen LogP contribution in [0.5, 0.6) is 5.75 Å². The quantitative estimate of drug-likeness (QED) is 0.780. The second kappa shape index (κ2) is 8.48. The van der Waals surface area contributed by atoms with Crippen molar-refractivity contribution in [2.24, 2.45) is 0 Å². The van der Waals surface area contributed by atoms with E-state index in [2.05, 4.69) is 20.2 Å². The normalized spacial score (nSPS) is 14.0. The van der Waals surface area contributed by atoms with E-state index in [1.165, 1.54) is 0 Å². The van der Waals surface area contributed by atoms with Gasteiger partial charge in [0.05, 0.1) is 6.61 Å². The Labute approximate surface area is 158 Å². The van der Waals surface area contributed by atoms with Gasteiger partial charge >= 0.3 is 0 Å². The maximum atomic E-state index is 12.6. The van der Waals surface area contributed by atoms with E-state index in [0.717, 1.165) is 12.2 Å². The number of aromatic nitrogens is 2. The lowest BCUT2D eigenvalue weighted by Gasteiger charge is -2.33. The Bertz CT molecular complexity index is 801. The number of nitrogens with zero attached hydrogens (tertiary/aromatic N) is 4. The maximum Gasteiger partial charge on any atom is 0.274 e. The second-order valence-electron chi connectivity index (χ2n) is 6.20. The Morgan fingerprint density at radius 2 is 1.89 bits per heavy atom. The number of benzene rings is 1.